The lowest BCUT2D eigenvalue weighted by Crippen LogP contribution is -2.39. The molecule has 1 aliphatic heterocycles. The highest BCUT2D eigenvalue weighted by molar-refractivity contribution is 5.85. The number of urea groups is 1. The van der Waals surface area contributed by atoms with Crippen LogP contribution < -0.4 is 10.1 Å². The SMILES string of the molecule is COc1ccccc1CNC(=O)CN1CCN(Cc2ccc(F)cc2)C1=O. The Morgan fingerprint density at radius 3 is 2.56 bits per heavy atom. The van der Waals surface area contributed by atoms with Gasteiger partial charge in [-0.1, -0.05) is 30.3 Å². The average molecular weight is 371 g/mol. The molecule has 0 aromatic heterocycles. The second-order valence-corrected chi connectivity index (χ2v) is 6.34. The fourth-order valence-corrected chi connectivity index (χ4v) is 3.01. The van der Waals surface area contributed by atoms with E-state index in [4.69, 9.17) is 4.74 Å². The summed E-state index contributed by atoms with van der Waals surface area (Å²) in [6, 6.07) is 13.3. The number of nitrogens with zero attached hydrogens (tertiary/aromatic N) is 2. The van der Waals surface area contributed by atoms with Crippen LogP contribution in [0.15, 0.2) is 48.5 Å². The van der Waals surface area contributed by atoms with Crippen molar-refractivity contribution < 1.29 is 18.7 Å². The quantitative estimate of drug-likeness (QED) is 0.813. The number of benzene rings is 2. The van der Waals surface area contributed by atoms with Crippen molar-refractivity contribution in [3.05, 3.63) is 65.5 Å². The second-order valence-electron chi connectivity index (χ2n) is 6.34. The van der Waals surface area contributed by atoms with Gasteiger partial charge in [-0.2, -0.15) is 0 Å². The number of halogens is 1. The highest BCUT2D eigenvalue weighted by atomic mass is 19.1. The third-order valence-corrected chi connectivity index (χ3v) is 4.47. The summed E-state index contributed by atoms with van der Waals surface area (Å²) < 4.78 is 18.2. The Morgan fingerprint density at radius 2 is 1.81 bits per heavy atom. The lowest BCUT2D eigenvalue weighted by molar-refractivity contribution is -0.121. The fourth-order valence-electron chi connectivity index (χ4n) is 3.01. The molecule has 0 aliphatic carbocycles. The first-order valence-corrected chi connectivity index (χ1v) is 8.73. The zero-order valence-electron chi connectivity index (χ0n) is 15.2. The number of hydrogen-bond acceptors (Lipinski definition) is 3. The number of amides is 3. The van der Waals surface area contributed by atoms with Gasteiger partial charge in [0, 0.05) is 31.7 Å². The summed E-state index contributed by atoms with van der Waals surface area (Å²) in [7, 11) is 1.58. The molecule has 0 radical (unpaired) electrons. The average Bonchev–Trinajstić information content (AvgIpc) is 3.01. The van der Waals surface area contributed by atoms with Gasteiger partial charge in [-0.05, 0) is 23.8 Å². The van der Waals surface area contributed by atoms with Crippen molar-refractivity contribution in [3.63, 3.8) is 0 Å². The van der Waals surface area contributed by atoms with Gasteiger partial charge in [-0.3, -0.25) is 4.79 Å². The number of nitrogens with one attached hydrogen (secondary N) is 1. The Hall–Kier alpha value is -3.09. The van der Waals surface area contributed by atoms with Crippen LogP contribution in [-0.2, 0) is 17.9 Å². The monoisotopic (exact) mass is 371 g/mol. The molecule has 1 heterocycles. The zero-order valence-corrected chi connectivity index (χ0v) is 15.2. The van der Waals surface area contributed by atoms with Gasteiger partial charge < -0.3 is 19.9 Å². The molecule has 1 N–H and O–H groups in total. The number of ether oxygens (including phenoxy) is 1. The lowest BCUT2D eigenvalue weighted by atomic mass is 10.2. The zero-order chi connectivity index (χ0) is 19.2. The molecule has 142 valence electrons. The third kappa shape index (κ3) is 4.75. The smallest absolute Gasteiger partial charge is 0.320 e. The van der Waals surface area contributed by atoms with Crippen LogP contribution in [0.4, 0.5) is 9.18 Å². The fraction of sp³-hybridized carbons (Fsp3) is 0.300. The molecule has 0 unspecified atom stereocenters. The van der Waals surface area contributed by atoms with E-state index >= 15 is 0 Å². The summed E-state index contributed by atoms with van der Waals surface area (Å²) in [5.74, 6) is 0.179. The Bertz CT molecular complexity index is 810. The van der Waals surface area contributed by atoms with E-state index in [0.717, 1.165) is 11.1 Å². The minimum Gasteiger partial charge on any atom is -0.496 e. The Kier molecular flexibility index (Phi) is 5.90. The number of hydrogen-bond donors (Lipinski definition) is 1. The molecule has 0 bridgehead atoms. The van der Waals surface area contributed by atoms with Gasteiger partial charge in [-0.25, -0.2) is 9.18 Å². The van der Waals surface area contributed by atoms with Gasteiger partial charge in [0.25, 0.3) is 0 Å². The van der Waals surface area contributed by atoms with Crippen LogP contribution in [0.25, 0.3) is 0 Å². The number of para-hydroxylation sites is 1. The van der Waals surface area contributed by atoms with Crippen molar-refractivity contribution in [1.82, 2.24) is 15.1 Å². The van der Waals surface area contributed by atoms with Gasteiger partial charge in [0.1, 0.15) is 18.1 Å². The van der Waals surface area contributed by atoms with Crippen molar-refractivity contribution in [2.24, 2.45) is 0 Å². The van der Waals surface area contributed by atoms with E-state index in [1.165, 1.54) is 17.0 Å². The minimum atomic E-state index is -0.306. The van der Waals surface area contributed by atoms with Gasteiger partial charge >= 0.3 is 6.03 Å². The van der Waals surface area contributed by atoms with Crippen molar-refractivity contribution in [1.29, 1.82) is 0 Å². The molecule has 2 aromatic rings. The van der Waals surface area contributed by atoms with E-state index in [1.54, 1.807) is 24.1 Å². The first-order valence-electron chi connectivity index (χ1n) is 8.73. The number of rotatable bonds is 7. The molecule has 1 saturated heterocycles. The molecule has 0 atom stereocenters. The van der Waals surface area contributed by atoms with Crippen molar-refractivity contribution >= 4 is 11.9 Å². The molecule has 3 amide bonds. The van der Waals surface area contributed by atoms with Gasteiger partial charge in [0.2, 0.25) is 5.91 Å². The Morgan fingerprint density at radius 1 is 1.11 bits per heavy atom. The summed E-state index contributed by atoms with van der Waals surface area (Å²) in [5, 5.41) is 2.82. The van der Waals surface area contributed by atoms with Crippen LogP contribution in [0.1, 0.15) is 11.1 Å². The maximum Gasteiger partial charge on any atom is 0.320 e. The summed E-state index contributed by atoms with van der Waals surface area (Å²) in [5.41, 5.74) is 1.73. The minimum absolute atomic E-state index is 0.00784. The van der Waals surface area contributed by atoms with Crippen LogP contribution >= 0.6 is 0 Å². The maximum absolute atomic E-state index is 13.0. The highest BCUT2D eigenvalue weighted by Crippen LogP contribution is 2.17. The standard InChI is InChI=1S/C20H22FN3O3/c1-27-18-5-3-2-4-16(18)12-22-19(25)14-24-11-10-23(20(24)26)13-15-6-8-17(21)9-7-15/h2-9H,10-14H2,1H3,(H,22,25). The van der Waals surface area contributed by atoms with Crippen molar-refractivity contribution in [2.45, 2.75) is 13.1 Å². The maximum atomic E-state index is 13.0. The van der Waals surface area contributed by atoms with Crippen molar-refractivity contribution in [2.75, 3.05) is 26.7 Å². The van der Waals surface area contributed by atoms with Crippen LogP contribution in [0, 0.1) is 5.82 Å². The molecule has 0 saturated carbocycles. The van der Waals surface area contributed by atoms with E-state index in [-0.39, 0.29) is 24.3 Å². The molecule has 2 aromatic carbocycles. The van der Waals surface area contributed by atoms with E-state index < -0.39 is 0 Å². The Labute approximate surface area is 157 Å². The van der Waals surface area contributed by atoms with Crippen LogP contribution in [-0.4, -0.2) is 48.5 Å². The van der Waals surface area contributed by atoms with E-state index in [0.29, 0.717) is 31.9 Å². The predicted octanol–water partition coefficient (Wildman–Crippen LogP) is 2.39. The van der Waals surface area contributed by atoms with E-state index in [9.17, 15) is 14.0 Å². The van der Waals surface area contributed by atoms with Crippen molar-refractivity contribution in [3.8, 4) is 5.75 Å². The summed E-state index contributed by atoms with van der Waals surface area (Å²) in [6.45, 7) is 1.77. The van der Waals surface area contributed by atoms with E-state index in [2.05, 4.69) is 5.32 Å². The van der Waals surface area contributed by atoms with E-state index in [1.807, 2.05) is 24.3 Å². The Balaban J connectivity index is 1.50. The molecular weight excluding hydrogens is 349 g/mol. The topological polar surface area (TPSA) is 61.9 Å². The summed E-state index contributed by atoms with van der Waals surface area (Å²) in [4.78, 5) is 27.8. The molecule has 6 nitrogen and oxygen atoms in total. The molecular formula is C20H22FN3O3. The third-order valence-electron chi connectivity index (χ3n) is 4.47. The molecule has 7 heteroatoms. The molecule has 0 spiro atoms. The summed E-state index contributed by atoms with van der Waals surface area (Å²) >= 11 is 0. The van der Waals surface area contributed by atoms with Gasteiger partial charge in [0.05, 0.1) is 7.11 Å². The summed E-state index contributed by atoms with van der Waals surface area (Å²) in [6.07, 6.45) is 0. The van der Waals surface area contributed by atoms with Gasteiger partial charge in [-0.15, -0.1) is 0 Å². The molecule has 1 aliphatic rings. The van der Waals surface area contributed by atoms with Crippen LogP contribution in [0.2, 0.25) is 0 Å². The number of methoxy groups -OCH3 is 1. The first kappa shape index (κ1) is 18.7. The molecule has 1 fully saturated rings. The van der Waals surface area contributed by atoms with Gasteiger partial charge in [0.15, 0.2) is 0 Å². The molecule has 27 heavy (non-hydrogen) atoms. The predicted molar refractivity (Wildman–Crippen MR) is 98.6 cm³/mol. The number of carbonyl (C=O) groups is 2. The normalized spacial score (nSPS) is 13.8. The largest absolute Gasteiger partial charge is 0.496 e. The van der Waals surface area contributed by atoms with Crippen LogP contribution in [0.5, 0.6) is 5.75 Å². The number of carbonyl (C=O) groups excluding carboxylic acids is 2. The van der Waals surface area contributed by atoms with Crippen LogP contribution in [0.3, 0.4) is 0 Å². The first-order chi connectivity index (χ1) is 13.1. The second kappa shape index (κ2) is 8.53. The lowest BCUT2D eigenvalue weighted by Gasteiger charge is -2.18. The molecule has 3 rings (SSSR count). The highest BCUT2D eigenvalue weighted by Gasteiger charge is 2.29.